The van der Waals surface area contributed by atoms with E-state index in [0.717, 1.165) is 39.3 Å². The van der Waals surface area contributed by atoms with Crippen molar-refractivity contribution in [2.45, 2.75) is 6.42 Å². The van der Waals surface area contributed by atoms with Crippen molar-refractivity contribution < 1.29 is 0 Å². The first-order valence-electron chi connectivity index (χ1n) is 8.27. The number of amidine groups is 1. The number of fused-ring (bicyclic) bond motifs is 2. The molecule has 0 saturated heterocycles. The molecular formula is C20H14N6. The summed E-state index contributed by atoms with van der Waals surface area (Å²) in [6.45, 7) is 0. The minimum atomic E-state index is 0.604. The Morgan fingerprint density at radius 1 is 0.885 bits per heavy atom. The van der Waals surface area contributed by atoms with Crippen LogP contribution in [0.1, 0.15) is 5.56 Å². The summed E-state index contributed by atoms with van der Waals surface area (Å²) in [6, 6.07) is 13.8. The summed E-state index contributed by atoms with van der Waals surface area (Å²) in [5.41, 5.74) is 12.7. The minimum absolute atomic E-state index is 0.604. The van der Waals surface area contributed by atoms with E-state index in [1.807, 2.05) is 36.4 Å². The van der Waals surface area contributed by atoms with Gasteiger partial charge in [0.25, 0.3) is 0 Å². The number of aliphatic imine (C=N–C) groups is 1. The third-order valence-electron chi connectivity index (χ3n) is 4.38. The van der Waals surface area contributed by atoms with Crippen molar-refractivity contribution in [3.05, 3.63) is 66.6 Å². The fourth-order valence-electron chi connectivity index (χ4n) is 3.08. The molecule has 0 amide bonds. The highest BCUT2D eigenvalue weighted by molar-refractivity contribution is 5.92. The van der Waals surface area contributed by atoms with E-state index >= 15 is 0 Å². The van der Waals surface area contributed by atoms with Gasteiger partial charge in [0, 0.05) is 29.9 Å². The van der Waals surface area contributed by atoms with Gasteiger partial charge in [0.2, 0.25) is 0 Å². The van der Waals surface area contributed by atoms with Crippen LogP contribution in [0.3, 0.4) is 0 Å². The van der Waals surface area contributed by atoms with Gasteiger partial charge in [-0.2, -0.15) is 0 Å². The molecule has 0 spiro atoms. The van der Waals surface area contributed by atoms with Gasteiger partial charge >= 0.3 is 0 Å². The van der Waals surface area contributed by atoms with Crippen molar-refractivity contribution in [3.63, 3.8) is 0 Å². The summed E-state index contributed by atoms with van der Waals surface area (Å²) in [5, 5.41) is 0. The van der Waals surface area contributed by atoms with E-state index in [4.69, 9.17) is 10.7 Å². The zero-order valence-electron chi connectivity index (χ0n) is 13.8. The smallest absolute Gasteiger partial charge is 0.179 e. The molecular weight excluding hydrogens is 324 g/mol. The van der Waals surface area contributed by atoms with E-state index in [1.54, 1.807) is 18.6 Å². The quantitative estimate of drug-likeness (QED) is 0.605. The summed E-state index contributed by atoms with van der Waals surface area (Å²) in [4.78, 5) is 22.3. The third-order valence-corrected chi connectivity index (χ3v) is 4.38. The standard InChI is InChI=1S/C20H14N6/c21-19-9-13-4-3-12(8-17(13)24-19)15-5-6-16-20(25-15)26-18(11-23-16)14-2-1-7-22-10-14/h1-8,10-11H,9H2,(H2,21,24). The SMILES string of the molecule is NC1=Nc2cc(-c3ccc4ncc(-c5cccnc5)nc4n3)ccc2C1. The Balaban J connectivity index is 1.60. The first kappa shape index (κ1) is 14.7. The van der Waals surface area contributed by atoms with Crippen molar-refractivity contribution in [1.29, 1.82) is 0 Å². The van der Waals surface area contributed by atoms with Gasteiger partial charge in [-0.15, -0.1) is 0 Å². The van der Waals surface area contributed by atoms with Gasteiger partial charge in [-0.25, -0.2) is 15.0 Å². The van der Waals surface area contributed by atoms with E-state index in [1.165, 1.54) is 0 Å². The molecule has 0 fully saturated rings. The second-order valence-electron chi connectivity index (χ2n) is 6.16. The largest absolute Gasteiger partial charge is 0.387 e. The number of rotatable bonds is 2. The van der Waals surface area contributed by atoms with Gasteiger partial charge in [-0.1, -0.05) is 12.1 Å². The maximum absolute atomic E-state index is 5.83. The first-order chi connectivity index (χ1) is 12.8. The van der Waals surface area contributed by atoms with Gasteiger partial charge < -0.3 is 5.73 Å². The molecule has 6 nitrogen and oxygen atoms in total. The van der Waals surface area contributed by atoms with E-state index in [0.29, 0.717) is 17.9 Å². The predicted octanol–water partition coefficient (Wildman–Crippen LogP) is 3.30. The molecule has 1 aliphatic rings. The Hall–Kier alpha value is -3.67. The summed E-state index contributed by atoms with van der Waals surface area (Å²) in [6.07, 6.45) is 5.95. The number of nitrogens with zero attached hydrogens (tertiary/aromatic N) is 5. The van der Waals surface area contributed by atoms with Gasteiger partial charge in [0.15, 0.2) is 5.65 Å². The maximum Gasteiger partial charge on any atom is 0.179 e. The summed E-state index contributed by atoms with van der Waals surface area (Å²) < 4.78 is 0. The fourth-order valence-corrected chi connectivity index (χ4v) is 3.08. The Kier molecular flexibility index (Phi) is 3.21. The zero-order valence-corrected chi connectivity index (χ0v) is 13.8. The lowest BCUT2D eigenvalue weighted by molar-refractivity contribution is 1.21. The van der Waals surface area contributed by atoms with Gasteiger partial charge in [-0.05, 0) is 35.9 Å². The highest BCUT2D eigenvalue weighted by atomic mass is 14.9. The third kappa shape index (κ3) is 2.48. The van der Waals surface area contributed by atoms with Crippen LogP contribution in [-0.2, 0) is 6.42 Å². The molecule has 0 radical (unpaired) electrons. The molecule has 0 atom stereocenters. The van der Waals surface area contributed by atoms with E-state index in [9.17, 15) is 0 Å². The molecule has 4 aromatic rings. The Morgan fingerprint density at radius 2 is 1.81 bits per heavy atom. The van der Waals surface area contributed by atoms with Crippen LogP contribution in [0, 0.1) is 0 Å². The molecule has 26 heavy (non-hydrogen) atoms. The molecule has 1 aromatic carbocycles. The molecule has 3 aromatic heterocycles. The van der Waals surface area contributed by atoms with Crippen LogP contribution in [0.15, 0.2) is 66.0 Å². The van der Waals surface area contributed by atoms with Gasteiger partial charge in [-0.3, -0.25) is 9.97 Å². The summed E-state index contributed by atoms with van der Waals surface area (Å²) in [5.74, 6) is 0.649. The zero-order chi connectivity index (χ0) is 17.5. The number of hydrogen-bond donors (Lipinski definition) is 1. The molecule has 0 bridgehead atoms. The number of hydrogen-bond acceptors (Lipinski definition) is 6. The molecule has 5 rings (SSSR count). The minimum Gasteiger partial charge on any atom is -0.387 e. The van der Waals surface area contributed by atoms with E-state index in [2.05, 4.69) is 26.0 Å². The van der Waals surface area contributed by atoms with Gasteiger partial charge in [0.1, 0.15) is 11.4 Å². The highest BCUT2D eigenvalue weighted by Crippen LogP contribution is 2.31. The van der Waals surface area contributed by atoms with Crippen LogP contribution in [0.25, 0.3) is 33.7 Å². The molecule has 124 valence electrons. The molecule has 0 aliphatic carbocycles. The average Bonchev–Trinajstić information content (AvgIpc) is 3.07. The average molecular weight is 338 g/mol. The van der Waals surface area contributed by atoms with Crippen LogP contribution in [0.2, 0.25) is 0 Å². The monoisotopic (exact) mass is 338 g/mol. The van der Waals surface area contributed by atoms with Crippen LogP contribution < -0.4 is 5.73 Å². The number of aromatic nitrogens is 4. The second-order valence-corrected chi connectivity index (χ2v) is 6.16. The van der Waals surface area contributed by atoms with Crippen molar-refractivity contribution in [1.82, 2.24) is 19.9 Å². The molecule has 4 heterocycles. The van der Waals surface area contributed by atoms with Crippen molar-refractivity contribution in [2.24, 2.45) is 10.7 Å². The number of pyridine rings is 2. The van der Waals surface area contributed by atoms with Crippen LogP contribution >= 0.6 is 0 Å². The molecule has 6 heteroatoms. The highest BCUT2D eigenvalue weighted by Gasteiger charge is 2.14. The van der Waals surface area contributed by atoms with Crippen LogP contribution in [0.4, 0.5) is 5.69 Å². The van der Waals surface area contributed by atoms with Crippen molar-refractivity contribution in [3.8, 4) is 22.5 Å². The Labute approximate surface area is 149 Å². The topological polar surface area (TPSA) is 89.9 Å². The predicted molar refractivity (Wildman–Crippen MR) is 101 cm³/mol. The van der Waals surface area contributed by atoms with Crippen molar-refractivity contribution in [2.75, 3.05) is 0 Å². The van der Waals surface area contributed by atoms with Gasteiger partial charge in [0.05, 0.1) is 23.3 Å². The Morgan fingerprint density at radius 3 is 2.69 bits per heavy atom. The van der Waals surface area contributed by atoms with E-state index in [-0.39, 0.29) is 0 Å². The van der Waals surface area contributed by atoms with Crippen molar-refractivity contribution >= 4 is 22.7 Å². The van der Waals surface area contributed by atoms with Crippen LogP contribution in [-0.4, -0.2) is 25.8 Å². The maximum atomic E-state index is 5.83. The van der Waals surface area contributed by atoms with E-state index < -0.39 is 0 Å². The first-order valence-corrected chi connectivity index (χ1v) is 8.27. The molecule has 0 saturated carbocycles. The summed E-state index contributed by atoms with van der Waals surface area (Å²) >= 11 is 0. The lowest BCUT2D eigenvalue weighted by atomic mass is 10.1. The van der Waals surface area contributed by atoms with Crippen LogP contribution in [0.5, 0.6) is 0 Å². The lowest BCUT2D eigenvalue weighted by Gasteiger charge is -2.06. The molecule has 2 N–H and O–H groups in total. The normalized spacial score (nSPS) is 12.8. The lowest BCUT2D eigenvalue weighted by Crippen LogP contribution is -2.09. The second kappa shape index (κ2) is 5.70. The molecule has 0 unspecified atom stereocenters. The molecule has 1 aliphatic heterocycles. The summed E-state index contributed by atoms with van der Waals surface area (Å²) in [7, 11) is 0. The Bertz CT molecular complexity index is 1170. The fraction of sp³-hybridized carbons (Fsp3) is 0.0500. The number of nitrogens with two attached hydrogens (primary N) is 1. The number of benzene rings is 1.